The highest BCUT2D eigenvalue weighted by atomic mass is 16.6. The van der Waals surface area contributed by atoms with Gasteiger partial charge in [-0.1, -0.05) is 12.1 Å². The van der Waals surface area contributed by atoms with E-state index in [-0.39, 0.29) is 24.3 Å². The Labute approximate surface area is 253 Å². The van der Waals surface area contributed by atoms with Gasteiger partial charge in [0.15, 0.2) is 11.5 Å². The van der Waals surface area contributed by atoms with Crippen LogP contribution in [0.5, 0.6) is 5.88 Å². The summed E-state index contributed by atoms with van der Waals surface area (Å²) in [6.45, 7) is 10.7. The first-order valence-electron chi connectivity index (χ1n) is 14.5. The van der Waals surface area contributed by atoms with Crippen molar-refractivity contribution in [3.05, 3.63) is 71.9 Å². The molecule has 1 aliphatic rings. The summed E-state index contributed by atoms with van der Waals surface area (Å²) in [5, 5.41) is 3.58. The summed E-state index contributed by atoms with van der Waals surface area (Å²) in [7, 11) is 1.94. The molecule has 0 aliphatic carbocycles. The summed E-state index contributed by atoms with van der Waals surface area (Å²) in [5.74, 6) is 1.19. The van der Waals surface area contributed by atoms with Crippen molar-refractivity contribution in [3.63, 3.8) is 0 Å². The van der Waals surface area contributed by atoms with Crippen LogP contribution in [0.15, 0.2) is 66.4 Å². The van der Waals surface area contributed by atoms with E-state index in [0.29, 0.717) is 54.6 Å². The number of aryl methyl sites for hydroxylation is 1. The highest BCUT2D eigenvalue weighted by Gasteiger charge is 2.28. The lowest BCUT2D eigenvalue weighted by Crippen LogP contribution is -2.44. The second-order valence-electron chi connectivity index (χ2n) is 11.7. The minimum absolute atomic E-state index is 0.122. The fourth-order valence-electron chi connectivity index (χ4n) is 5.19. The third-order valence-corrected chi connectivity index (χ3v) is 7.27. The van der Waals surface area contributed by atoms with Gasteiger partial charge in [0.05, 0.1) is 23.9 Å². The smallest absolute Gasteiger partial charge is 0.410 e. The van der Waals surface area contributed by atoms with Gasteiger partial charge in [-0.3, -0.25) is 4.79 Å². The number of nitrogens with zero attached hydrogens (tertiary/aromatic N) is 8. The Morgan fingerprint density at radius 3 is 2.68 bits per heavy atom. The van der Waals surface area contributed by atoms with Gasteiger partial charge >= 0.3 is 6.09 Å². The lowest BCUT2D eigenvalue weighted by Gasteiger charge is -2.33. The highest BCUT2D eigenvalue weighted by Crippen LogP contribution is 2.24. The van der Waals surface area contributed by atoms with Gasteiger partial charge in [0.25, 0.3) is 5.56 Å². The number of piperidine rings is 1. The number of likely N-dealkylation sites (tertiary alicyclic amines) is 1. The molecule has 5 aromatic rings. The molecule has 0 radical (unpaired) electrons. The fraction of sp³-hybridized carbons (Fsp3) is 0.355. The maximum absolute atomic E-state index is 13.4. The number of benzene rings is 1. The van der Waals surface area contributed by atoms with Crippen molar-refractivity contribution >= 4 is 39.8 Å². The van der Waals surface area contributed by atoms with E-state index in [9.17, 15) is 9.59 Å². The normalized spacial score (nSPS) is 14.2. The summed E-state index contributed by atoms with van der Waals surface area (Å²) in [5.41, 5.74) is 2.20. The van der Waals surface area contributed by atoms with E-state index in [1.807, 2.05) is 56.7 Å². The first-order valence-corrected chi connectivity index (χ1v) is 14.5. The SMILES string of the molecule is C=CCn1c(=O)c2cnc(Nc3ccc4c(c3)ncn4C)nc2n1-c1cccc(OC2CCN(C(=O)OC(C)(C)C)CC2)n1. The number of nitrogens with one attached hydrogen (secondary N) is 1. The van der Waals surface area contributed by atoms with Crippen LogP contribution in [0.2, 0.25) is 0 Å². The lowest BCUT2D eigenvalue weighted by atomic mass is 10.1. The molecule has 0 atom stereocenters. The van der Waals surface area contributed by atoms with Crippen molar-refractivity contribution in [1.29, 1.82) is 0 Å². The van der Waals surface area contributed by atoms with Crippen molar-refractivity contribution < 1.29 is 14.3 Å². The Hall–Kier alpha value is -5.20. The van der Waals surface area contributed by atoms with Crippen LogP contribution in [0.4, 0.5) is 16.4 Å². The molecular weight excluding hydrogens is 562 g/mol. The number of rotatable bonds is 7. The number of carbonyl (C=O) groups excluding carboxylic acids is 1. The molecule has 4 aromatic heterocycles. The van der Waals surface area contributed by atoms with Crippen LogP contribution in [0.3, 0.4) is 0 Å². The topological polar surface area (TPSA) is 134 Å². The molecule has 0 bridgehead atoms. The molecule has 1 saturated heterocycles. The van der Waals surface area contributed by atoms with Crippen molar-refractivity contribution in [2.24, 2.45) is 7.05 Å². The third-order valence-electron chi connectivity index (χ3n) is 7.27. The van der Waals surface area contributed by atoms with Gasteiger partial charge in [0.2, 0.25) is 11.8 Å². The summed E-state index contributed by atoms with van der Waals surface area (Å²) in [6, 6.07) is 11.2. The highest BCUT2D eigenvalue weighted by molar-refractivity contribution is 5.81. The predicted octanol–water partition coefficient (Wildman–Crippen LogP) is 4.57. The van der Waals surface area contributed by atoms with Gasteiger partial charge in [-0.25, -0.2) is 24.1 Å². The summed E-state index contributed by atoms with van der Waals surface area (Å²) in [4.78, 5) is 45.8. The van der Waals surface area contributed by atoms with Crippen LogP contribution in [-0.4, -0.2) is 69.7 Å². The van der Waals surface area contributed by atoms with E-state index >= 15 is 0 Å². The molecule has 1 aliphatic heterocycles. The molecular formula is C31H35N9O4. The van der Waals surface area contributed by atoms with E-state index in [0.717, 1.165) is 16.7 Å². The zero-order chi connectivity index (χ0) is 31.0. The number of amides is 1. The molecule has 0 spiro atoms. The van der Waals surface area contributed by atoms with Gasteiger partial charge in [-0.15, -0.1) is 6.58 Å². The Bertz CT molecular complexity index is 1910. The van der Waals surface area contributed by atoms with Crippen molar-refractivity contribution in [3.8, 4) is 11.7 Å². The average Bonchev–Trinajstić information content (AvgIpc) is 3.49. The van der Waals surface area contributed by atoms with Crippen molar-refractivity contribution in [2.45, 2.75) is 51.9 Å². The molecule has 0 saturated carbocycles. The number of hydrogen-bond acceptors (Lipinski definition) is 9. The zero-order valence-electron chi connectivity index (χ0n) is 25.2. The Morgan fingerprint density at radius 1 is 1.14 bits per heavy atom. The number of allylic oxidation sites excluding steroid dienone is 1. The van der Waals surface area contributed by atoms with Gasteiger partial charge in [0.1, 0.15) is 17.1 Å². The van der Waals surface area contributed by atoms with Crippen molar-refractivity contribution in [2.75, 3.05) is 18.4 Å². The standard InChI is InChI=1S/C31H35N9O4/c1-6-14-39-28(41)22-18-32-29(34-20-10-11-24-23(17-20)33-19-37(24)5)36-27(22)40(39)25-8-7-9-26(35-25)43-21-12-15-38(16-13-21)30(42)44-31(2,3)4/h6-11,17-19,21H,1,12-16H2,2-5H3,(H,32,34,36). The van der Waals surface area contributed by atoms with Gasteiger partial charge in [-0.2, -0.15) is 9.97 Å². The molecule has 13 heteroatoms. The average molecular weight is 598 g/mol. The molecule has 1 aromatic carbocycles. The van der Waals surface area contributed by atoms with Gasteiger partial charge in [0, 0.05) is 50.9 Å². The van der Waals surface area contributed by atoms with E-state index < -0.39 is 5.60 Å². The third kappa shape index (κ3) is 5.85. The Morgan fingerprint density at radius 2 is 1.93 bits per heavy atom. The van der Waals surface area contributed by atoms with Gasteiger partial charge < -0.3 is 24.3 Å². The number of carbonyl (C=O) groups is 1. The number of aromatic nitrogens is 7. The molecule has 6 rings (SSSR count). The van der Waals surface area contributed by atoms with E-state index in [1.54, 1.807) is 34.1 Å². The number of hydrogen-bond donors (Lipinski definition) is 1. The number of ether oxygens (including phenoxy) is 2. The molecule has 13 nitrogen and oxygen atoms in total. The van der Waals surface area contributed by atoms with Crippen molar-refractivity contribution in [1.82, 2.24) is 38.8 Å². The summed E-state index contributed by atoms with van der Waals surface area (Å²) in [6.07, 6.45) is 5.77. The number of fused-ring (bicyclic) bond motifs is 2. The summed E-state index contributed by atoms with van der Waals surface area (Å²) < 4.78 is 16.9. The van der Waals surface area contributed by atoms with E-state index in [1.165, 1.54) is 10.9 Å². The van der Waals surface area contributed by atoms with Crippen LogP contribution < -0.4 is 15.6 Å². The molecule has 1 amide bonds. The second kappa shape index (κ2) is 11.5. The predicted molar refractivity (Wildman–Crippen MR) is 167 cm³/mol. The monoisotopic (exact) mass is 597 g/mol. The molecule has 0 unspecified atom stereocenters. The first-order chi connectivity index (χ1) is 21.1. The number of anilines is 2. The maximum Gasteiger partial charge on any atom is 0.410 e. The van der Waals surface area contributed by atoms with Crippen LogP contribution in [0, 0.1) is 0 Å². The first kappa shape index (κ1) is 28.9. The van der Waals surface area contributed by atoms with Crippen LogP contribution in [0.25, 0.3) is 27.9 Å². The molecule has 1 fully saturated rings. The largest absolute Gasteiger partial charge is 0.474 e. The molecule has 5 heterocycles. The van der Waals surface area contributed by atoms with Crippen LogP contribution in [0.1, 0.15) is 33.6 Å². The zero-order valence-corrected chi connectivity index (χ0v) is 25.2. The number of pyridine rings is 1. The van der Waals surface area contributed by atoms with E-state index in [4.69, 9.17) is 19.4 Å². The molecule has 228 valence electrons. The minimum atomic E-state index is -0.542. The maximum atomic E-state index is 13.4. The second-order valence-corrected chi connectivity index (χ2v) is 11.7. The van der Waals surface area contributed by atoms with Crippen LogP contribution >= 0.6 is 0 Å². The molecule has 44 heavy (non-hydrogen) atoms. The quantitative estimate of drug-likeness (QED) is 0.268. The molecule has 1 N–H and O–H groups in total. The minimum Gasteiger partial charge on any atom is -0.474 e. The van der Waals surface area contributed by atoms with E-state index in [2.05, 4.69) is 21.9 Å². The Kier molecular flexibility index (Phi) is 7.53. The fourth-order valence-corrected chi connectivity index (χ4v) is 5.19. The number of imidazole rings is 1. The lowest BCUT2D eigenvalue weighted by molar-refractivity contribution is 0.0123. The van der Waals surface area contributed by atoms with Crippen LogP contribution in [-0.2, 0) is 18.3 Å². The summed E-state index contributed by atoms with van der Waals surface area (Å²) >= 11 is 0. The Balaban J connectivity index is 1.26. The van der Waals surface area contributed by atoms with Gasteiger partial charge in [-0.05, 0) is 45.0 Å².